The number of aryl methyl sites for hydroxylation is 2. The van der Waals surface area contributed by atoms with Crippen molar-refractivity contribution >= 4 is 50.5 Å². The Kier molecular flexibility index (Phi) is 5.97. The summed E-state index contributed by atoms with van der Waals surface area (Å²) in [6, 6.07) is 16.5. The largest absolute Gasteiger partial charge is 0.322 e. The third kappa shape index (κ3) is 4.42. The van der Waals surface area contributed by atoms with Gasteiger partial charge in [-0.25, -0.2) is 8.42 Å². The molecule has 0 spiro atoms. The monoisotopic (exact) mass is 474 g/mol. The summed E-state index contributed by atoms with van der Waals surface area (Å²) in [6.45, 7) is 2.27. The Morgan fingerprint density at radius 1 is 1.00 bits per heavy atom. The number of halogens is 2. The van der Waals surface area contributed by atoms with E-state index in [4.69, 9.17) is 23.2 Å². The average Bonchev–Trinajstić information content (AvgIpc) is 2.75. The SMILES string of the molecule is Cc1ccc(NC(=O)c2ccc3c(c2)CCCN3S(=O)(=O)c2ccc(Cl)cc2)cc1Cl. The predicted molar refractivity (Wildman–Crippen MR) is 125 cm³/mol. The fourth-order valence-electron chi connectivity index (χ4n) is 3.56. The van der Waals surface area contributed by atoms with Crippen molar-refractivity contribution in [2.45, 2.75) is 24.7 Å². The summed E-state index contributed by atoms with van der Waals surface area (Å²) in [5, 5.41) is 3.89. The van der Waals surface area contributed by atoms with E-state index in [1.54, 1.807) is 42.5 Å². The minimum absolute atomic E-state index is 0.183. The van der Waals surface area contributed by atoms with Gasteiger partial charge in [0.15, 0.2) is 0 Å². The topological polar surface area (TPSA) is 66.5 Å². The predicted octanol–water partition coefficient (Wildman–Crippen LogP) is 5.70. The Balaban J connectivity index is 1.61. The molecule has 8 heteroatoms. The van der Waals surface area contributed by atoms with Gasteiger partial charge in [0.05, 0.1) is 10.6 Å². The fraction of sp³-hybridized carbons (Fsp3) is 0.174. The third-order valence-electron chi connectivity index (χ3n) is 5.25. The minimum atomic E-state index is -3.72. The standard InChI is InChI=1S/C23H20Cl2N2O3S/c1-15-4-8-19(14-21(15)25)26-23(28)17-5-11-22-16(13-17)3-2-12-27(22)31(29,30)20-9-6-18(24)7-10-20/h4-11,13-14H,2-3,12H2,1H3,(H,26,28). The van der Waals surface area contributed by atoms with E-state index in [0.29, 0.717) is 46.4 Å². The molecule has 3 aromatic rings. The van der Waals surface area contributed by atoms with Gasteiger partial charge < -0.3 is 5.32 Å². The zero-order chi connectivity index (χ0) is 22.2. The molecule has 160 valence electrons. The van der Waals surface area contributed by atoms with Gasteiger partial charge in [-0.2, -0.15) is 0 Å². The summed E-state index contributed by atoms with van der Waals surface area (Å²) in [7, 11) is -3.72. The molecular weight excluding hydrogens is 455 g/mol. The van der Waals surface area contributed by atoms with E-state index in [-0.39, 0.29) is 10.8 Å². The molecule has 0 unspecified atom stereocenters. The summed E-state index contributed by atoms with van der Waals surface area (Å²) in [5.74, 6) is -0.277. The van der Waals surface area contributed by atoms with E-state index in [1.807, 2.05) is 13.0 Å². The van der Waals surface area contributed by atoms with Gasteiger partial charge in [0.2, 0.25) is 0 Å². The Hall–Kier alpha value is -2.54. The Bertz CT molecular complexity index is 1260. The molecule has 5 nitrogen and oxygen atoms in total. The summed E-state index contributed by atoms with van der Waals surface area (Å²) in [6.07, 6.45) is 1.36. The van der Waals surface area contributed by atoms with Crippen molar-refractivity contribution in [3.8, 4) is 0 Å². The zero-order valence-electron chi connectivity index (χ0n) is 16.7. The lowest BCUT2D eigenvalue weighted by molar-refractivity contribution is 0.102. The summed E-state index contributed by atoms with van der Waals surface area (Å²) in [5.41, 5.74) is 3.40. The van der Waals surface area contributed by atoms with Gasteiger partial charge >= 0.3 is 0 Å². The Morgan fingerprint density at radius 3 is 2.45 bits per heavy atom. The molecule has 0 bridgehead atoms. The van der Waals surface area contributed by atoms with Crippen LogP contribution in [0.2, 0.25) is 10.0 Å². The first kappa shape index (κ1) is 21.7. The average molecular weight is 475 g/mol. The van der Waals surface area contributed by atoms with E-state index in [2.05, 4.69) is 5.32 Å². The van der Waals surface area contributed by atoms with Crippen molar-refractivity contribution in [3.05, 3.63) is 87.4 Å². The number of nitrogens with one attached hydrogen (secondary N) is 1. The van der Waals surface area contributed by atoms with Gasteiger partial charge in [-0.05, 0) is 85.5 Å². The van der Waals surface area contributed by atoms with Crippen molar-refractivity contribution in [2.24, 2.45) is 0 Å². The molecule has 1 aliphatic heterocycles. The summed E-state index contributed by atoms with van der Waals surface area (Å²) < 4.78 is 27.7. The van der Waals surface area contributed by atoms with Gasteiger partial charge in [-0.1, -0.05) is 29.3 Å². The molecule has 4 rings (SSSR count). The zero-order valence-corrected chi connectivity index (χ0v) is 19.1. The Morgan fingerprint density at radius 2 is 1.74 bits per heavy atom. The lowest BCUT2D eigenvalue weighted by Crippen LogP contribution is -2.35. The van der Waals surface area contributed by atoms with E-state index < -0.39 is 10.0 Å². The van der Waals surface area contributed by atoms with Crippen LogP contribution in [0.3, 0.4) is 0 Å². The van der Waals surface area contributed by atoms with Crippen LogP contribution in [0.15, 0.2) is 65.6 Å². The molecular formula is C23H20Cl2N2O3S. The van der Waals surface area contributed by atoms with Gasteiger partial charge in [-0.15, -0.1) is 0 Å². The van der Waals surface area contributed by atoms with E-state index in [1.165, 1.54) is 16.4 Å². The van der Waals surface area contributed by atoms with Gasteiger partial charge in [0.1, 0.15) is 0 Å². The number of sulfonamides is 1. The van der Waals surface area contributed by atoms with Gasteiger partial charge in [0, 0.05) is 27.8 Å². The van der Waals surface area contributed by atoms with Gasteiger partial charge in [0.25, 0.3) is 15.9 Å². The number of benzene rings is 3. The van der Waals surface area contributed by atoms with Crippen molar-refractivity contribution < 1.29 is 13.2 Å². The third-order valence-corrected chi connectivity index (χ3v) is 7.74. The minimum Gasteiger partial charge on any atom is -0.322 e. The number of hydrogen-bond donors (Lipinski definition) is 1. The smallest absolute Gasteiger partial charge is 0.264 e. The molecule has 0 fully saturated rings. The van der Waals surface area contributed by atoms with Crippen LogP contribution in [0.4, 0.5) is 11.4 Å². The molecule has 3 aromatic carbocycles. The molecule has 31 heavy (non-hydrogen) atoms. The highest BCUT2D eigenvalue weighted by Gasteiger charge is 2.29. The highest BCUT2D eigenvalue weighted by molar-refractivity contribution is 7.92. The van der Waals surface area contributed by atoms with E-state index in [9.17, 15) is 13.2 Å². The second kappa shape index (κ2) is 8.54. The van der Waals surface area contributed by atoms with Crippen LogP contribution in [0.5, 0.6) is 0 Å². The molecule has 1 aliphatic rings. The lowest BCUT2D eigenvalue weighted by atomic mass is 10.0. The number of rotatable bonds is 4. The van der Waals surface area contributed by atoms with Crippen molar-refractivity contribution in [2.75, 3.05) is 16.2 Å². The number of carbonyl (C=O) groups is 1. The van der Waals surface area contributed by atoms with Crippen LogP contribution in [-0.2, 0) is 16.4 Å². The number of hydrogen-bond acceptors (Lipinski definition) is 3. The number of anilines is 2. The van der Waals surface area contributed by atoms with Crippen LogP contribution >= 0.6 is 23.2 Å². The first-order chi connectivity index (χ1) is 14.8. The molecule has 0 radical (unpaired) electrons. The number of amides is 1. The fourth-order valence-corrected chi connectivity index (χ4v) is 5.41. The second-order valence-electron chi connectivity index (χ2n) is 7.40. The number of carbonyl (C=O) groups excluding carboxylic acids is 1. The molecule has 0 atom stereocenters. The molecule has 0 saturated heterocycles. The summed E-state index contributed by atoms with van der Waals surface area (Å²) in [4.78, 5) is 12.9. The molecule has 0 aromatic heterocycles. The van der Waals surface area contributed by atoms with Crippen molar-refractivity contribution in [1.29, 1.82) is 0 Å². The maximum atomic E-state index is 13.2. The van der Waals surface area contributed by atoms with Crippen molar-refractivity contribution in [3.63, 3.8) is 0 Å². The van der Waals surface area contributed by atoms with Gasteiger partial charge in [-0.3, -0.25) is 9.10 Å². The van der Waals surface area contributed by atoms with Crippen LogP contribution in [0.1, 0.15) is 27.9 Å². The first-order valence-corrected chi connectivity index (χ1v) is 11.9. The van der Waals surface area contributed by atoms with E-state index in [0.717, 1.165) is 11.1 Å². The lowest BCUT2D eigenvalue weighted by Gasteiger charge is -2.30. The molecule has 1 amide bonds. The highest BCUT2D eigenvalue weighted by atomic mass is 35.5. The first-order valence-electron chi connectivity index (χ1n) is 9.74. The normalized spacial score (nSPS) is 13.6. The van der Waals surface area contributed by atoms with Crippen LogP contribution in [0.25, 0.3) is 0 Å². The highest BCUT2D eigenvalue weighted by Crippen LogP contribution is 2.33. The second-order valence-corrected chi connectivity index (χ2v) is 10.1. The van der Waals surface area contributed by atoms with Crippen LogP contribution in [-0.4, -0.2) is 20.9 Å². The molecule has 0 aliphatic carbocycles. The van der Waals surface area contributed by atoms with Crippen LogP contribution < -0.4 is 9.62 Å². The van der Waals surface area contributed by atoms with Crippen LogP contribution in [0, 0.1) is 6.92 Å². The van der Waals surface area contributed by atoms with E-state index >= 15 is 0 Å². The number of nitrogens with zero attached hydrogens (tertiary/aromatic N) is 1. The molecule has 1 heterocycles. The molecule has 1 N–H and O–H groups in total. The Labute approximate surface area is 191 Å². The maximum Gasteiger partial charge on any atom is 0.264 e. The summed E-state index contributed by atoms with van der Waals surface area (Å²) >= 11 is 12.0. The van der Waals surface area contributed by atoms with Crippen molar-refractivity contribution in [1.82, 2.24) is 0 Å². The molecule has 0 saturated carbocycles. The quantitative estimate of drug-likeness (QED) is 0.527. The number of fused-ring (bicyclic) bond motifs is 1. The maximum absolute atomic E-state index is 13.2.